The van der Waals surface area contributed by atoms with E-state index in [-0.39, 0.29) is 11.5 Å². The maximum Gasteiger partial charge on any atom is 0.240 e. The molecule has 6 heteroatoms. The predicted octanol–water partition coefficient (Wildman–Crippen LogP) is 4.34. The average molecular weight is 400 g/mol. The number of nitrogens with zero attached hydrogens (tertiary/aromatic N) is 2. The highest BCUT2D eigenvalue weighted by Gasteiger charge is 2.45. The molecule has 150 valence electrons. The van der Waals surface area contributed by atoms with Crippen molar-refractivity contribution >= 4 is 22.4 Å². The van der Waals surface area contributed by atoms with Gasteiger partial charge in [-0.3, -0.25) is 9.69 Å². The summed E-state index contributed by atoms with van der Waals surface area (Å²) in [6.45, 7) is 9.64. The van der Waals surface area contributed by atoms with Crippen LogP contribution in [0.5, 0.6) is 0 Å². The lowest BCUT2D eigenvalue weighted by molar-refractivity contribution is -0.117. The first-order valence-electron chi connectivity index (χ1n) is 10.0. The van der Waals surface area contributed by atoms with Crippen LogP contribution in [-0.2, 0) is 9.53 Å². The van der Waals surface area contributed by atoms with Crippen molar-refractivity contribution in [1.29, 1.82) is 0 Å². The number of thiazole rings is 1. The summed E-state index contributed by atoms with van der Waals surface area (Å²) in [4.78, 5) is 19.3. The highest BCUT2D eigenvalue weighted by Crippen LogP contribution is 2.46. The van der Waals surface area contributed by atoms with Crippen molar-refractivity contribution in [2.45, 2.75) is 45.6 Å². The number of hydrogen-bond acceptors (Lipinski definition) is 5. The van der Waals surface area contributed by atoms with Gasteiger partial charge in [0, 0.05) is 10.9 Å². The summed E-state index contributed by atoms with van der Waals surface area (Å²) >= 11 is 1.48. The lowest BCUT2D eigenvalue weighted by Gasteiger charge is -2.38. The van der Waals surface area contributed by atoms with E-state index in [4.69, 9.17) is 4.74 Å². The zero-order chi connectivity index (χ0) is 19.8. The van der Waals surface area contributed by atoms with Gasteiger partial charge in [0.05, 0.1) is 24.4 Å². The number of piperidine rings is 1. The van der Waals surface area contributed by atoms with Crippen LogP contribution >= 0.6 is 11.3 Å². The zero-order valence-corrected chi connectivity index (χ0v) is 17.8. The summed E-state index contributed by atoms with van der Waals surface area (Å²) in [5.74, 6) is 0.0174. The molecular formula is C22H29N3O2S. The molecule has 2 saturated heterocycles. The number of benzene rings is 1. The molecule has 1 amide bonds. The van der Waals surface area contributed by atoms with E-state index in [9.17, 15) is 4.79 Å². The van der Waals surface area contributed by atoms with Crippen molar-refractivity contribution < 1.29 is 9.53 Å². The van der Waals surface area contributed by atoms with Crippen LogP contribution in [0.25, 0.3) is 11.3 Å². The van der Waals surface area contributed by atoms with Gasteiger partial charge in [0.15, 0.2) is 5.13 Å². The summed E-state index contributed by atoms with van der Waals surface area (Å²) in [6, 6.07) is 8.28. The first-order chi connectivity index (χ1) is 13.3. The molecule has 5 nitrogen and oxygen atoms in total. The SMILES string of the molecule is Cc1ccc(-c2csc(NC(=O)CN3CCC4(CC3)COC(C)(C)C4)n2)cc1. The molecule has 2 aromatic rings. The quantitative estimate of drug-likeness (QED) is 0.831. The number of amides is 1. The number of aromatic nitrogens is 1. The second-order valence-corrected chi connectivity index (χ2v) is 9.81. The van der Waals surface area contributed by atoms with Crippen LogP contribution in [0.1, 0.15) is 38.7 Å². The van der Waals surface area contributed by atoms with Gasteiger partial charge >= 0.3 is 0 Å². The molecule has 1 N–H and O–H groups in total. The highest BCUT2D eigenvalue weighted by molar-refractivity contribution is 7.14. The average Bonchev–Trinajstić information content (AvgIpc) is 3.22. The topological polar surface area (TPSA) is 54.5 Å². The third-order valence-corrected chi connectivity index (χ3v) is 6.71. The molecule has 1 aromatic carbocycles. The van der Waals surface area contributed by atoms with Gasteiger partial charge in [-0.05, 0) is 58.5 Å². The Bertz CT molecular complexity index is 836. The summed E-state index contributed by atoms with van der Waals surface area (Å²) in [6.07, 6.45) is 3.35. The van der Waals surface area contributed by atoms with Crippen LogP contribution in [0.3, 0.4) is 0 Å². The van der Waals surface area contributed by atoms with E-state index in [1.54, 1.807) is 0 Å². The molecule has 0 atom stereocenters. The number of rotatable bonds is 4. The molecule has 0 radical (unpaired) electrons. The molecule has 28 heavy (non-hydrogen) atoms. The molecule has 3 heterocycles. The van der Waals surface area contributed by atoms with E-state index in [0.717, 1.165) is 50.2 Å². The molecular weight excluding hydrogens is 370 g/mol. The number of ether oxygens (including phenoxy) is 1. The Kier molecular flexibility index (Phi) is 5.29. The fourth-order valence-corrected chi connectivity index (χ4v) is 5.15. The van der Waals surface area contributed by atoms with Gasteiger partial charge in [-0.15, -0.1) is 11.3 Å². The van der Waals surface area contributed by atoms with Gasteiger partial charge in [-0.25, -0.2) is 4.98 Å². The largest absolute Gasteiger partial charge is 0.375 e. The number of aryl methyl sites for hydroxylation is 1. The van der Waals surface area contributed by atoms with Crippen molar-refractivity contribution in [3.05, 3.63) is 35.2 Å². The van der Waals surface area contributed by atoms with E-state index in [0.29, 0.717) is 17.1 Å². The van der Waals surface area contributed by atoms with Crippen molar-refractivity contribution in [3.8, 4) is 11.3 Å². The van der Waals surface area contributed by atoms with E-state index in [1.165, 1.54) is 16.9 Å². The second kappa shape index (κ2) is 7.58. The summed E-state index contributed by atoms with van der Waals surface area (Å²) < 4.78 is 5.97. The first-order valence-corrected chi connectivity index (χ1v) is 10.9. The number of nitrogens with one attached hydrogen (secondary N) is 1. The molecule has 1 aromatic heterocycles. The molecule has 0 unspecified atom stereocenters. The van der Waals surface area contributed by atoms with E-state index in [1.807, 2.05) is 5.38 Å². The van der Waals surface area contributed by atoms with E-state index >= 15 is 0 Å². The van der Waals surface area contributed by atoms with Crippen LogP contribution in [-0.4, -0.2) is 47.6 Å². The molecule has 2 aliphatic rings. The molecule has 2 aliphatic heterocycles. The van der Waals surface area contributed by atoms with Gasteiger partial charge in [-0.1, -0.05) is 29.8 Å². The fraction of sp³-hybridized carbons (Fsp3) is 0.545. The Morgan fingerprint density at radius 1 is 1.25 bits per heavy atom. The minimum Gasteiger partial charge on any atom is -0.375 e. The lowest BCUT2D eigenvalue weighted by atomic mass is 9.74. The third kappa shape index (κ3) is 4.45. The molecule has 0 saturated carbocycles. The van der Waals surface area contributed by atoms with Crippen molar-refractivity contribution in [3.63, 3.8) is 0 Å². The molecule has 0 aliphatic carbocycles. The Morgan fingerprint density at radius 3 is 2.61 bits per heavy atom. The number of hydrogen-bond donors (Lipinski definition) is 1. The van der Waals surface area contributed by atoms with Crippen LogP contribution in [0.2, 0.25) is 0 Å². The smallest absolute Gasteiger partial charge is 0.240 e. The number of carbonyl (C=O) groups is 1. The van der Waals surface area contributed by atoms with Crippen LogP contribution < -0.4 is 5.32 Å². The first kappa shape index (κ1) is 19.6. The Hall–Kier alpha value is -1.76. The monoisotopic (exact) mass is 399 g/mol. The van der Waals surface area contributed by atoms with Gasteiger partial charge in [0.1, 0.15) is 0 Å². The minimum absolute atomic E-state index is 0.000454. The van der Waals surface area contributed by atoms with Gasteiger partial charge in [-0.2, -0.15) is 0 Å². The Balaban J connectivity index is 1.28. The standard InChI is InChI=1S/C22H29N3O2S/c1-16-4-6-17(7-5-16)18-13-28-20(23-18)24-19(26)12-25-10-8-22(9-11-25)14-21(2,3)27-15-22/h4-7,13H,8-12,14-15H2,1-3H3,(H,23,24,26). The van der Waals surface area contributed by atoms with Crippen LogP contribution in [0.15, 0.2) is 29.6 Å². The number of carbonyl (C=O) groups excluding carboxylic acids is 1. The molecule has 2 fully saturated rings. The second-order valence-electron chi connectivity index (χ2n) is 8.95. The maximum atomic E-state index is 12.5. The van der Waals surface area contributed by atoms with E-state index < -0.39 is 0 Å². The van der Waals surface area contributed by atoms with Gasteiger partial charge < -0.3 is 10.1 Å². The Labute approximate surface area is 171 Å². The fourth-order valence-electron chi connectivity index (χ4n) is 4.41. The summed E-state index contributed by atoms with van der Waals surface area (Å²) in [5.41, 5.74) is 3.52. The predicted molar refractivity (Wildman–Crippen MR) is 114 cm³/mol. The normalized spacial score (nSPS) is 21.1. The zero-order valence-electron chi connectivity index (χ0n) is 17.0. The van der Waals surface area contributed by atoms with Crippen molar-refractivity contribution in [1.82, 2.24) is 9.88 Å². The third-order valence-electron chi connectivity index (χ3n) is 5.95. The van der Waals surface area contributed by atoms with E-state index in [2.05, 4.69) is 60.2 Å². The molecule has 0 bridgehead atoms. The lowest BCUT2D eigenvalue weighted by Crippen LogP contribution is -2.44. The van der Waals surface area contributed by atoms with Gasteiger partial charge in [0.25, 0.3) is 0 Å². The van der Waals surface area contributed by atoms with Crippen LogP contribution in [0.4, 0.5) is 5.13 Å². The van der Waals surface area contributed by atoms with Gasteiger partial charge in [0.2, 0.25) is 5.91 Å². The summed E-state index contributed by atoms with van der Waals surface area (Å²) in [7, 11) is 0. The maximum absolute atomic E-state index is 12.5. The summed E-state index contributed by atoms with van der Waals surface area (Å²) in [5, 5.41) is 5.63. The molecule has 1 spiro atoms. The van der Waals surface area contributed by atoms with Crippen molar-refractivity contribution in [2.24, 2.45) is 5.41 Å². The number of likely N-dealkylation sites (tertiary alicyclic amines) is 1. The minimum atomic E-state index is -0.000454. The molecule has 4 rings (SSSR count). The Morgan fingerprint density at radius 2 is 1.96 bits per heavy atom. The van der Waals surface area contributed by atoms with Crippen LogP contribution in [0, 0.1) is 12.3 Å². The van der Waals surface area contributed by atoms with Crippen molar-refractivity contribution in [2.75, 3.05) is 31.6 Å². The highest BCUT2D eigenvalue weighted by atomic mass is 32.1. The number of anilines is 1.